The summed E-state index contributed by atoms with van der Waals surface area (Å²) in [6, 6.07) is 1.11. The van der Waals surface area contributed by atoms with Crippen LogP contribution in [0.1, 0.15) is 73.1 Å². The summed E-state index contributed by atoms with van der Waals surface area (Å²) in [7, 11) is 0. The zero-order valence-electron chi connectivity index (χ0n) is 16.6. The third-order valence-electron chi connectivity index (χ3n) is 6.12. The summed E-state index contributed by atoms with van der Waals surface area (Å²) in [4.78, 5) is 13.7. The molecule has 0 aromatic heterocycles. The van der Waals surface area contributed by atoms with Gasteiger partial charge in [-0.2, -0.15) is 0 Å². The number of ether oxygens (including phenoxy) is 1. The lowest BCUT2D eigenvalue weighted by Gasteiger charge is -2.30. The van der Waals surface area contributed by atoms with Crippen molar-refractivity contribution in [2.24, 2.45) is 0 Å². The van der Waals surface area contributed by atoms with Gasteiger partial charge in [0.15, 0.2) is 0 Å². The van der Waals surface area contributed by atoms with Crippen LogP contribution in [0, 0.1) is 0 Å². The molecule has 0 saturated carbocycles. The van der Waals surface area contributed by atoms with Gasteiger partial charge in [0.2, 0.25) is 0 Å². The average molecular weight is 391 g/mol. The summed E-state index contributed by atoms with van der Waals surface area (Å²) in [5.41, 5.74) is -1.60. The lowest BCUT2D eigenvalue weighted by molar-refractivity contribution is -0.00265. The Balaban J connectivity index is 0.000000206. The fourth-order valence-corrected chi connectivity index (χ4v) is 5.01. The molecule has 0 aromatic rings. The lowest BCUT2D eigenvalue weighted by atomic mass is 9.87. The molecule has 0 aliphatic carbocycles. The number of halogens is 1. The molecule has 4 saturated heterocycles. The maximum absolute atomic E-state index is 12.0. The monoisotopic (exact) mass is 390 g/mol. The summed E-state index contributed by atoms with van der Waals surface area (Å²) >= 11 is 0. The molecule has 6 nitrogen and oxygen atoms in total. The molecule has 0 spiro atoms. The van der Waals surface area contributed by atoms with Crippen LogP contribution in [-0.2, 0) is 4.74 Å². The van der Waals surface area contributed by atoms with Gasteiger partial charge in [-0.1, -0.05) is 0 Å². The minimum Gasteiger partial charge on any atom is -0.444 e. The van der Waals surface area contributed by atoms with Gasteiger partial charge in [0.05, 0.1) is 17.2 Å². The first-order valence-electron chi connectivity index (χ1n) is 9.61. The molecule has 152 valence electrons. The minimum atomic E-state index is -0.736. The Morgan fingerprint density at radius 2 is 1.73 bits per heavy atom. The van der Waals surface area contributed by atoms with E-state index in [1.807, 2.05) is 34.6 Å². The van der Waals surface area contributed by atoms with Gasteiger partial charge < -0.3 is 20.3 Å². The maximum Gasteiger partial charge on any atom is 0.410 e. The number of fused-ring (bicyclic) bond motifs is 4. The van der Waals surface area contributed by atoms with Crippen molar-refractivity contribution in [3.8, 4) is 0 Å². The van der Waals surface area contributed by atoms with Crippen molar-refractivity contribution in [1.29, 1.82) is 0 Å². The van der Waals surface area contributed by atoms with Gasteiger partial charge in [0.25, 0.3) is 0 Å². The average Bonchev–Trinajstić information content (AvgIpc) is 3.12. The summed E-state index contributed by atoms with van der Waals surface area (Å²) in [6.45, 7) is 9.33. The summed E-state index contributed by atoms with van der Waals surface area (Å²) in [5, 5.41) is 23.1. The molecule has 0 radical (unpaired) electrons. The van der Waals surface area contributed by atoms with Crippen molar-refractivity contribution >= 4 is 18.5 Å². The van der Waals surface area contributed by atoms with Gasteiger partial charge in [0, 0.05) is 18.1 Å². The van der Waals surface area contributed by atoms with Crippen molar-refractivity contribution in [3.05, 3.63) is 0 Å². The van der Waals surface area contributed by atoms with E-state index < -0.39 is 16.8 Å². The van der Waals surface area contributed by atoms with Gasteiger partial charge in [-0.05, 0) is 73.1 Å². The molecule has 4 rings (SSSR count). The van der Waals surface area contributed by atoms with Crippen LogP contribution in [0.4, 0.5) is 4.79 Å². The summed E-state index contributed by atoms with van der Waals surface area (Å²) in [6.07, 6.45) is 5.65. The van der Waals surface area contributed by atoms with E-state index >= 15 is 0 Å². The summed E-state index contributed by atoms with van der Waals surface area (Å²) in [5.74, 6) is 0. The van der Waals surface area contributed by atoms with E-state index in [1.54, 1.807) is 4.90 Å². The van der Waals surface area contributed by atoms with E-state index in [9.17, 15) is 15.0 Å². The first kappa shape index (κ1) is 21.7. The first-order valence-corrected chi connectivity index (χ1v) is 9.61. The molecule has 4 aliphatic heterocycles. The van der Waals surface area contributed by atoms with Crippen LogP contribution >= 0.6 is 12.4 Å². The molecule has 4 heterocycles. The van der Waals surface area contributed by atoms with E-state index in [2.05, 4.69) is 5.32 Å². The Labute approximate surface area is 163 Å². The van der Waals surface area contributed by atoms with Gasteiger partial charge >= 0.3 is 6.09 Å². The number of carbonyl (C=O) groups excluding carboxylic acids is 1. The molecule has 3 N–H and O–H groups in total. The molecule has 4 bridgehead atoms. The van der Waals surface area contributed by atoms with Crippen LogP contribution in [0.2, 0.25) is 0 Å². The van der Waals surface area contributed by atoms with Crippen LogP contribution < -0.4 is 5.32 Å². The zero-order valence-corrected chi connectivity index (χ0v) is 17.4. The van der Waals surface area contributed by atoms with Crippen LogP contribution in [0.25, 0.3) is 0 Å². The molecule has 4 aliphatic rings. The van der Waals surface area contributed by atoms with Gasteiger partial charge in [0.1, 0.15) is 5.60 Å². The van der Waals surface area contributed by atoms with E-state index in [1.165, 1.54) is 6.42 Å². The smallest absolute Gasteiger partial charge is 0.410 e. The minimum absolute atomic E-state index is 0. The highest BCUT2D eigenvalue weighted by molar-refractivity contribution is 5.85. The Morgan fingerprint density at radius 3 is 2.04 bits per heavy atom. The normalized spacial score (nSPS) is 43.0. The molecule has 7 heteroatoms. The first-order chi connectivity index (χ1) is 11.4. The molecule has 0 aromatic carbocycles. The molecule has 1 amide bonds. The van der Waals surface area contributed by atoms with E-state index in [-0.39, 0.29) is 30.6 Å². The predicted molar refractivity (Wildman–Crippen MR) is 103 cm³/mol. The number of hydrogen-bond acceptors (Lipinski definition) is 5. The number of amides is 1. The van der Waals surface area contributed by atoms with E-state index in [0.29, 0.717) is 18.5 Å². The number of nitrogens with zero attached hydrogens (tertiary/aromatic N) is 1. The number of aliphatic hydroxyl groups is 2. The van der Waals surface area contributed by atoms with Gasteiger partial charge in [-0.3, -0.25) is 4.90 Å². The second-order valence-electron chi connectivity index (χ2n) is 9.75. The molecular weight excluding hydrogens is 356 g/mol. The number of carbonyl (C=O) groups is 1. The van der Waals surface area contributed by atoms with Crippen LogP contribution in [-0.4, -0.2) is 62.2 Å². The number of nitrogens with one attached hydrogen (secondary N) is 1. The molecule has 26 heavy (non-hydrogen) atoms. The molecule has 0 unspecified atom stereocenters. The van der Waals surface area contributed by atoms with Crippen molar-refractivity contribution < 1.29 is 19.7 Å². The Kier molecular flexibility index (Phi) is 5.95. The highest BCUT2D eigenvalue weighted by Crippen LogP contribution is 2.44. The van der Waals surface area contributed by atoms with Gasteiger partial charge in [-0.25, -0.2) is 4.79 Å². The third-order valence-corrected chi connectivity index (χ3v) is 6.12. The summed E-state index contributed by atoms with van der Waals surface area (Å²) < 4.78 is 5.37. The fourth-order valence-electron chi connectivity index (χ4n) is 5.01. The second kappa shape index (κ2) is 7.12. The van der Waals surface area contributed by atoms with Crippen molar-refractivity contribution in [2.75, 3.05) is 0 Å². The Hall–Kier alpha value is -0.560. The molecule has 4 fully saturated rings. The maximum atomic E-state index is 12.0. The Bertz CT molecular complexity index is 532. The van der Waals surface area contributed by atoms with Crippen LogP contribution in [0.3, 0.4) is 0 Å². The van der Waals surface area contributed by atoms with Crippen molar-refractivity contribution in [1.82, 2.24) is 10.2 Å². The number of hydrogen-bond donors (Lipinski definition) is 3. The zero-order chi connectivity index (χ0) is 18.6. The van der Waals surface area contributed by atoms with Gasteiger partial charge in [-0.15, -0.1) is 12.4 Å². The Morgan fingerprint density at radius 1 is 1.08 bits per heavy atom. The quantitative estimate of drug-likeness (QED) is 0.592. The van der Waals surface area contributed by atoms with E-state index in [0.717, 1.165) is 25.7 Å². The second-order valence-corrected chi connectivity index (χ2v) is 9.75. The molecular formula is C19H35ClN2O4. The highest BCUT2D eigenvalue weighted by Gasteiger charge is 2.55. The highest BCUT2D eigenvalue weighted by atomic mass is 35.5. The SMILES string of the molecule is CC(C)(C)OC(=O)N1[C@H]2CC[C@@H]1[C@](C)(O)C2.C[C@@]1(O)C[C@@H]2CC[C@H]1N2.Cl. The largest absolute Gasteiger partial charge is 0.444 e. The van der Waals surface area contributed by atoms with Crippen LogP contribution in [0.5, 0.6) is 0 Å². The topological polar surface area (TPSA) is 82.0 Å². The lowest BCUT2D eigenvalue weighted by Crippen LogP contribution is -2.44. The molecule has 6 atom stereocenters. The van der Waals surface area contributed by atoms with Crippen molar-refractivity contribution in [2.45, 2.75) is 114 Å². The fraction of sp³-hybridized carbons (Fsp3) is 0.947. The third kappa shape index (κ3) is 4.29. The van der Waals surface area contributed by atoms with Crippen LogP contribution in [0.15, 0.2) is 0 Å². The number of rotatable bonds is 0. The predicted octanol–water partition coefficient (Wildman–Crippen LogP) is 2.59. The van der Waals surface area contributed by atoms with E-state index in [4.69, 9.17) is 4.74 Å². The van der Waals surface area contributed by atoms with Crippen molar-refractivity contribution in [3.63, 3.8) is 0 Å². The standard InChI is InChI=1S/C12H21NO3.C7H13NO.ClH/c1-11(2,3)16-10(14)13-8-5-6-9(13)12(4,15)7-8;1-7(9)4-5-2-3-6(7)8-5;/h8-9,15H,5-7H2,1-4H3;5-6,8-9H,2-4H2,1H3;1H/t8-,9+,12+;5-,6+,7+;/m00./s1.